The Hall–Kier alpha value is -1.06. The zero-order valence-electron chi connectivity index (χ0n) is 9.12. The third-order valence-corrected chi connectivity index (χ3v) is 2.05. The van der Waals surface area contributed by atoms with Gasteiger partial charge in [0.2, 0.25) is 0 Å². The minimum absolute atomic E-state index is 0.177. The van der Waals surface area contributed by atoms with Gasteiger partial charge in [0.1, 0.15) is 6.29 Å². The molecule has 0 heterocycles. The second-order valence-corrected chi connectivity index (χ2v) is 4.05. The lowest BCUT2D eigenvalue weighted by molar-refractivity contribution is -0.459. The van der Waals surface area contributed by atoms with Gasteiger partial charge in [-0.3, -0.25) is 16.5 Å². The number of hydrogen-bond donors (Lipinski definition) is 3. The summed E-state index contributed by atoms with van der Waals surface area (Å²) in [4.78, 5) is 13.5. The first-order valence-corrected chi connectivity index (χ1v) is 5.13. The Morgan fingerprint density at radius 2 is 2.07 bits per heavy atom. The van der Waals surface area contributed by atoms with Crippen molar-refractivity contribution in [2.75, 3.05) is 6.54 Å². The van der Waals surface area contributed by atoms with Crippen molar-refractivity contribution in [2.45, 2.75) is 33.1 Å². The van der Waals surface area contributed by atoms with E-state index in [1.807, 2.05) is 0 Å². The molecule has 0 rings (SSSR count). The molecule has 0 aliphatic carbocycles. The SMILES string of the molecule is CC(C)CC(C=O)CCC[NH+]=C(N)N. The summed E-state index contributed by atoms with van der Waals surface area (Å²) < 4.78 is 0. The van der Waals surface area contributed by atoms with Crippen LogP contribution in [0.25, 0.3) is 0 Å². The highest BCUT2D eigenvalue weighted by molar-refractivity contribution is 5.69. The Kier molecular flexibility index (Phi) is 6.80. The Bertz CT molecular complexity index is 186. The van der Waals surface area contributed by atoms with E-state index in [1.165, 1.54) is 0 Å². The second kappa shape index (κ2) is 7.35. The molecule has 0 saturated carbocycles. The molecule has 0 fully saturated rings. The molecule has 4 nitrogen and oxygen atoms in total. The smallest absolute Gasteiger partial charge is 0.303 e. The fourth-order valence-corrected chi connectivity index (χ4v) is 1.44. The van der Waals surface area contributed by atoms with Gasteiger partial charge >= 0.3 is 5.96 Å². The number of carbonyl (C=O) groups is 1. The molecule has 5 N–H and O–H groups in total. The standard InChI is InChI=1S/C10H21N3O/c1-8(2)6-9(7-14)4-3-5-13-10(11)12/h7-9H,3-6H2,1-2H3,(H4,11,12,13)/p+1. The highest BCUT2D eigenvalue weighted by Crippen LogP contribution is 2.13. The van der Waals surface area contributed by atoms with Crippen LogP contribution >= 0.6 is 0 Å². The van der Waals surface area contributed by atoms with Gasteiger partial charge in [-0.1, -0.05) is 13.8 Å². The molecular weight excluding hydrogens is 178 g/mol. The molecule has 0 aliphatic heterocycles. The maximum absolute atomic E-state index is 10.7. The van der Waals surface area contributed by atoms with Gasteiger partial charge in [0.15, 0.2) is 0 Å². The van der Waals surface area contributed by atoms with Crippen LogP contribution in [0.15, 0.2) is 0 Å². The predicted octanol–water partition coefficient (Wildman–Crippen LogP) is -1.02. The van der Waals surface area contributed by atoms with Crippen LogP contribution in [0.4, 0.5) is 0 Å². The topological polar surface area (TPSA) is 83.1 Å². The first-order chi connectivity index (χ1) is 6.56. The minimum atomic E-state index is 0.177. The first kappa shape index (κ1) is 12.9. The number of nitrogens with two attached hydrogens (primary N) is 2. The molecule has 0 aromatic heterocycles. The van der Waals surface area contributed by atoms with Gasteiger partial charge in [-0.25, -0.2) is 0 Å². The molecule has 0 radical (unpaired) electrons. The van der Waals surface area contributed by atoms with Crippen LogP contribution in [0.1, 0.15) is 33.1 Å². The summed E-state index contributed by atoms with van der Waals surface area (Å²) in [6.45, 7) is 4.99. The summed E-state index contributed by atoms with van der Waals surface area (Å²) in [5.41, 5.74) is 10.5. The summed E-state index contributed by atoms with van der Waals surface area (Å²) in [6.07, 6.45) is 3.84. The quantitative estimate of drug-likeness (QED) is 0.213. The fourth-order valence-electron chi connectivity index (χ4n) is 1.44. The van der Waals surface area contributed by atoms with Gasteiger partial charge in [-0.2, -0.15) is 0 Å². The average Bonchev–Trinajstić information content (AvgIpc) is 2.09. The largest absolute Gasteiger partial charge is 0.338 e. The van der Waals surface area contributed by atoms with Crippen molar-refractivity contribution in [3.05, 3.63) is 0 Å². The first-order valence-electron chi connectivity index (χ1n) is 5.13. The van der Waals surface area contributed by atoms with Crippen LogP contribution in [0, 0.1) is 11.8 Å². The van der Waals surface area contributed by atoms with Crippen molar-refractivity contribution in [2.24, 2.45) is 23.3 Å². The summed E-state index contributed by atoms with van der Waals surface area (Å²) in [7, 11) is 0. The van der Waals surface area contributed by atoms with Crippen LogP contribution in [0.5, 0.6) is 0 Å². The van der Waals surface area contributed by atoms with Crippen LogP contribution in [-0.2, 0) is 4.79 Å². The second-order valence-electron chi connectivity index (χ2n) is 4.05. The van der Waals surface area contributed by atoms with Gasteiger partial charge in [0.05, 0.1) is 6.54 Å². The van der Waals surface area contributed by atoms with Gasteiger partial charge in [0.25, 0.3) is 0 Å². The number of rotatable bonds is 7. The molecular formula is C10H22N3O+. The summed E-state index contributed by atoms with van der Waals surface area (Å²) in [5, 5.41) is 0. The molecule has 0 aromatic carbocycles. The van der Waals surface area contributed by atoms with Crippen LogP contribution in [0.2, 0.25) is 0 Å². The molecule has 0 aliphatic rings. The number of aldehydes is 1. The highest BCUT2D eigenvalue weighted by Gasteiger charge is 2.08. The molecule has 0 aromatic rings. The zero-order chi connectivity index (χ0) is 11.0. The van der Waals surface area contributed by atoms with Crippen molar-refractivity contribution in [3.63, 3.8) is 0 Å². The Morgan fingerprint density at radius 1 is 1.43 bits per heavy atom. The average molecular weight is 200 g/mol. The Labute approximate surface area is 85.8 Å². The normalized spacial score (nSPS) is 12.5. The van der Waals surface area contributed by atoms with Gasteiger partial charge in [-0.15, -0.1) is 0 Å². The van der Waals surface area contributed by atoms with Gasteiger partial charge in [0, 0.05) is 5.92 Å². The van der Waals surface area contributed by atoms with Crippen molar-refractivity contribution in [1.29, 1.82) is 0 Å². The molecule has 82 valence electrons. The van der Waals surface area contributed by atoms with Crippen molar-refractivity contribution >= 4 is 12.2 Å². The number of hydrogen-bond acceptors (Lipinski definition) is 1. The van der Waals surface area contributed by atoms with Gasteiger partial charge in [-0.05, 0) is 25.2 Å². The van der Waals surface area contributed by atoms with Crippen LogP contribution < -0.4 is 16.5 Å². The third kappa shape index (κ3) is 7.58. The van der Waals surface area contributed by atoms with Crippen molar-refractivity contribution in [1.82, 2.24) is 0 Å². The van der Waals surface area contributed by atoms with E-state index in [0.29, 0.717) is 5.92 Å². The van der Waals surface area contributed by atoms with Gasteiger partial charge < -0.3 is 4.79 Å². The van der Waals surface area contributed by atoms with Crippen LogP contribution in [-0.4, -0.2) is 18.8 Å². The molecule has 0 amide bonds. The van der Waals surface area contributed by atoms with E-state index in [4.69, 9.17) is 11.5 Å². The number of carbonyl (C=O) groups excluding carboxylic acids is 1. The number of guanidine groups is 1. The third-order valence-electron chi connectivity index (χ3n) is 2.05. The maximum atomic E-state index is 10.7. The van der Waals surface area contributed by atoms with E-state index in [2.05, 4.69) is 18.8 Å². The monoisotopic (exact) mass is 200 g/mol. The molecule has 1 atom stereocenters. The lowest BCUT2D eigenvalue weighted by atomic mass is 9.94. The minimum Gasteiger partial charge on any atom is -0.303 e. The Morgan fingerprint density at radius 3 is 2.50 bits per heavy atom. The lowest BCUT2D eigenvalue weighted by Crippen LogP contribution is -2.78. The van der Waals surface area contributed by atoms with Crippen molar-refractivity contribution in [3.8, 4) is 0 Å². The molecule has 1 unspecified atom stereocenters. The number of nitrogens with one attached hydrogen (secondary N) is 1. The fraction of sp³-hybridized carbons (Fsp3) is 0.800. The van der Waals surface area contributed by atoms with E-state index in [1.54, 1.807) is 0 Å². The summed E-state index contributed by atoms with van der Waals surface area (Å²) in [6, 6.07) is 0. The molecule has 14 heavy (non-hydrogen) atoms. The Balaban J connectivity index is 3.63. The maximum Gasteiger partial charge on any atom is 0.338 e. The lowest BCUT2D eigenvalue weighted by Gasteiger charge is -2.11. The molecule has 4 heteroatoms. The van der Waals surface area contributed by atoms with E-state index in [0.717, 1.165) is 32.1 Å². The zero-order valence-corrected chi connectivity index (χ0v) is 9.12. The molecule has 0 saturated heterocycles. The highest BCUT2D eigenvalue weighted by atomic mass is 16.1. The van der Waals surface area contributed by atoms with E-state index in [9.17, 15) is 4.79 Å². The van der Waals surface area contributed by atoms with Crippen molar-refractivity contribution < 1.29 is 9.79 Å². The van der Waals surface area contributed by atoms with Crippen LogP contribution in [0.3, 0.4) is 0 Å². The summed E-state index contributed by atoms with van der Waals surface area (Å²) in [5.74, 6) is 0.997. The predicted molar refractivity (Wildman–Crippen MR) is 57.5 cm³/mol. The van der Waals surface area contributed by atoms with E-state index >= 15 is 0 Å². The van der Waals surface area contributed by atoms with E-state index in [-0.39, 0.29) is 11.9 Å². The molecule has 0 spiro atoms. The molecule has 0 bridgehead atoms. The summed E-state index contributed by atoms with van der Waals surface area (Å²) >= 11 is 0. The van der Waals surface area contributed by atoms with E-state index < -0.39 is 0 Å².